The lowest BCUT2D eigenvalue weighted by Crippen LogP contribution is -1.71. The first-order valence-electron chi connectivity index (χ1n) is 15.0. The summed E-state index contributed by atoms with van der Waals surface area (Å²) in [5.41, 5.74) is 2.71. The van der Waals surface area contributed by atoms with Crippen molar-refractivity contribution in [3.8, 4) is 50.1 Å². The third kappa shape index (κ3) is 4.26. The topological polar surface area (TPSA) is 0 Å². The van der Waals surface area contributed by atoms with E-state index in [-0.39, 0.29) is 0 Å². The van der Waals surface area contributed by atoms with Crippen molar-refractivity contribution in [2.24, 2.45) is 0 Å². The summed E-state index contributed by atoms with van der Waals surface area (Å²) in [4.78, 5) is 10.8. The minimum Gasteiger partial charge on any atom is -0.143 e. The lowest BCUT2D eigenvalue weighted by molar-refractivity contribution is 1.82. The molecule has 0 nitrogen and oxygen atoms in total. The van der Waals surface area contributed by atoms with Gasteiger partial charge in [0.05, 0.1) is 9.75 Å². The number of hydrogen-bond acceptors (Lipinski definition) is 6. The van der Waals surface area contributed by atoms with Crippen molar-refractivity contribution in [3.63, 3.8) is 0 Å². The van der Waals surface area contributed by atoms with Crippen LogP contribution >= 0.6 is 68.0 Å². The van der Waals surface area contributed by atoms with E-state index in [1.165, 1.54) is 91.9 Å². The first-order chi connectivity index (χ1) is 22.8. The largest absolute Gasteiger partial charge is 0.143 e. The maximum Gasteiger partial charge on any atom is 0.0528 e. The van der Waals surface area contributed by atoms with Gasteiger partial charge in [0.1, 0.15) is 0 Å². The van der Waals surface area contributed by atoms with E-state index in [9.17, 15) is 0 Å². The predicted octanol–water partition coefficient (Wildman–Crippen LogP) is 15.0. The molecule has 0 saturated heterocycles. The van der Waals surface area contributed by atoms with Gasteiger partial charge in [-0.05, 0) is 36.4 Å². The Labute approximate surface area is 289 Å². The zero-order valence-corrected chi connectivity index (χ0v) is 29.1. The third-order valence-electron chi connectivity index (χ3n) is 8.59. The maximum atomic E-state index is 2.33. The fourth-order valence-corrected chi connectivity index (χ4v) is 13.5. The van der Waals surface area contributed by atoms with Gasteiger partial charge in [0.25, 0.3) is 0 Å². The normalized spacial score (nSPS) is 11.9. The highest BCUT2D eigenvalue weighted by molar-refractivity contribution is 7.30. The van der Waals surface area contributed by atoms with Crippen molar-refractivity contribution in [1.82, 2.24) is 0 Å². The van der Waals surface area contributed by atoms with Crippen LogP contribution in [-0.2, 0) is 0 Å². The second-order valence-electron chi connectivity index (χ2n) is 11.2. The zero-order chi connectivity index (χ0) is 30.2. The molecule has 0 spiro atoms. The first-order valence-corrected chi connectivity index (χ1v) is 20.0. The molecule has 0 N–H and O–H groups in total. The van der Waals surface area contributed by atoms with Gasteiger partial charge in [0, 0.05) is 92.9 Å². The van der Waals surface area contributed by atoms with Crippen LogP contribution in [0.4, 0.5) is 0 Å². The van der Waals surface area contributed by atoms with Crippen LogP contribution < -0.4 is 0 Å². The lowest BCUT2D eigenvalue weighted by atomic mass is 10.1. The Balaban J connectivity index is 1.05. The van der Waals surface area contributed by atoms with Gasteiger partial charge in [0.2, 0.25) is 0 Å². The molecule has 6 heteroatoms. The van der Waals surface area contributed by atoms with E-state index >= 15 is 0 Å². The fraction of sp³-hybridized carbons (Fsp3) is 0. The summed E-state index contributed by atoms with van der Waals surface area (Å²) in [6, 6.07) is 44.7. The van der Waals surface area contributed by atoms with Crippen LogP contribution in [0.15, 0.2) is 132 Å². The molecule has 218 valence electrons. The summed E-state index contributed by atoms with van der Waals surface area (Å²) in [5, 5.41) is 12.7. The molecule has 10 rings (SSSR count). The fourth-order valence-electron chi connectivity index (χ4n) is 6.44. The number of benzene rings is 4. The molecule has 0 aliphatic carbocycles. The molecular weight excluding hydrogens is 673 g/mol. The van der Waals surface area contributed by atoms with Crippen molar-refractivity contribution in [3.05, 3.63) is 132 Å². The SMILES string of the molecule is c1ccc2c(-c3sc(-c4ccc(-c5ccc(-c6sc(-c7csc8ccccc78)c7ccccc67)s5)s4)c4ccccc34)csc2c1. The second kappa shape index (κ2) is 10.8. The van der Waals surface area contributed by atoms with E-state index in [1.54, 1.807) is 0 Å². The standard InChI is InChI=1S/C40H22S6/c1-3-13-27-25(11-1)37(29-21-41-31-15-7-5-9-23(29)31)45-39(27)35-19-17-33(43-35)34-18-20-36(44-34)40-28-14-4-2-12-26(28)38(46-40)30-22-42-32-16-8-6-10-24(30)32/h1-22H. The Hall–Kier alpha value is -3.88. The van der Waals surface area contributed by atoms with E-state index in [1.807, 2.05) is 68.0 Å². The van der Waals surface area contributed by atoms with Crippen LogP contribution in [0.5, 0.6) is 0 Å². The van der Waals surface area contributed by atoms with Crippen molar-refractivity contribution in [2.45, 2.75) is 0 Å². The average molecular weight is 695 g/mol. The van der Waals surface area contributed by atoms with Crippen molar-refractivity contribution in [1.29, 1.82) is 0 Å². The summed E-state index contributed by atoms with van der Waals surface area (Å²) in [6.45, 7) is 0. The molecule has 0 fully saturated rings. The monoisotopic (exact) mass is 694 g/mol. The quantitative estimate of drug-likeness (QED) is 0.168. The van der Waals surface area contributed by atoms with Crippen LogP contribution in [0.3, 0.4) is 0 Å². The molecule has 6 heterocycles. The molecule has 10 aromatic rings. The van der Waals surface area contributed by atoms with Crippen molar-refractivity contribution in [2.75, 3.05) is 0 Å². The molecular formula is C40H22S6. The number of rotatable bonds is 5. The van der Waals surface area contributed by atoms with Crippen LogP contribution in [0.1, 0.15) is 0 Å². The molecule has 0 aliphatic heterocycles. The van der Waals surface area contributed by atoms with E-state index in [0.717, 1.165) is 0 Å². The molecule has 0 aliphatic rings. The summed E-state index contributed by atoms with van der Waals surface area (Å²) >= 11 is 11.4. The Bertz CT molecular complexity index is 2530. The van der Waals surface area contributed by atoms with E-state index < -0.39 is 0 Å². The molecule has 0 bridgehead atoms. The lowest BCUT2D eigenvalue weighted by Gasteiger charge is -1.97. The Kier molecular flexibility index (Phi) is 6.43. The van der Waals surface area contributed by atoms with Crippen LogP contribution in [0, 0.1) is 0 Å². The molecule has 0 radical (unpaired) electrons. The highest BCUT2D eigenvalue weighted by atomic mass is 32.1. The number of hydrogen-bond donors (Lipinski definition) is 0. The number of fused-ring (bicyclic) bond motifs is 4. The summed E-state index contributed by atoms with van der Waals surface area (Å²) in [6.07, 6.45) is 0. The van der Waals surface area contributed by atoms with Gasteiger partial charge in [-0.3, -0.25) is 0 Å². The molecule has 4 aromatic carbocycles. The minimum absolute atomic E-state index is 1.33. The van der Waals surface area contributed by atoms with Gasteiger partial charge in [-0.15, -0.1) is 68.0 Å². The smallest absolute Gasteiger partial charge is 0.0528 e. The molecule has 46 heavy (non-hydrogen) atoms. The van der Waals surface area contributed by atoms with E-state index in [0.29, 0.717) is 0 Å². The van der Waals surface area contributed by atoms with Crippen molar-refractivity contribution < 1.29 is 0 Å². The van der Waals surface area contributed by atoms with Gasteiger partial charge in [-0.2, -0.15) is 0 Å². The molecule has 0 atom stereocenters. The molecule has 0 saturated carbocycles. The first kappa shape index (κ1) is 27.3. The van der Waals surface area contributed by atoms with Gasteiger partial charge in [-0.25, -0.2) is 0 Å². The van der Waals surface area contributed by atoms with Gasteiger partial charge in [-0.1, -0.05) is 84.9 Å². The van der Waals surface area contributed by atoms with Gasteiger partial charge in [0.15, 0.2) is 0 Å². The summed E-state index contributed by atoms with van der Waals surface area (Å²) < 4.78 is 2.69. The molecule has 0 unspecified atom stereocenters. The van der Waals surface area contributed by atoms with Gasteiger partial charge >= 0.3 is 0 Å². The highest BCUT2D eigenvalue weighted by Gasteiger charge is 2.20. The molecule has 0 amide bonds. The minimum atomic E-state index is 1.33. The third-order valence-corrected chi connectivity index (χ3v) is 15.8. The van der Waals surface area contributed by atoms with Gasteiger partial charge < -0.3 is 0 Å². The highest BCUT2D eigenvalue weighted by Crippen LogP contribution is 2.52. The van der Waals surface area contributed by atoms with Crippen LogP contribution in [0.2, 0.25) is 0 Å². The predicted molar refractivity (Wildman–Crippen MR) is 211 cm³/mol. The summed E-state index contributed by atoms with van der Waals surface area (Å²) in [5.74, 6) is 0. The Morgan fingerprint density at radius 3 is 1.07 bits per heavy atom. The average Bonchev–Trinajstić information content (AvgIpc) is 3.94. The van der Waals surface area contributed by atoms with Crippen LogP contribution in [0.25, 0.3) is 91.9 Å². The number of thiophene rings is 6. The summed E-state index contributed by atoms with van der Waals surface area (Å²) in [7, 11) is 0. The molecule has 6 aromatic heterocycles. The second-order valence-corrected chi connectivity index (χ2v) is 17.3. The van der Waals surface area contributed by atoms with E-state index in [4.69, 9.17) is 0 Å². The maximum absolute atomic E-state index is 2.33. The Morgan fingerprint density at radius 2 is 0.630 bits per heavy atom. The van der Waals surface area contributed by atoms with Crippen LogP contribution in [-0.4, -0.2) is 0 Å². The van der Waals surface area contributed by atoms with E-state index in [2.05, 4.69) is 132 Å². The Morgan fingerprint density at radius 1 is 0.283 bits per heavy atom. The van der Waals surface area contributed by atoms with Crippen molar-refractivity contribution >= 4 is 110 Å². The zero-order valence-electron chi connectivity index (χ0n) is 24.2.